The molecule has 0 aromatic heterocycles. The molecule has 3 aromatic rings. The Balaban J connectivity index is 1.66. The molecule has 0 atom stereocenters. The first kappa shape index (κ1) is 21.8. The summed E-state index contributed by atoms with van der Waals surface area (Å²) >= 11 is 0. The van der Waals surface area contributed by atoms with E-state index in [1.807, 2.05) is 61.5 Å². The zero-order chi connectivity index (χ0) is 22.7. The molecule has 6 heteroatoms. The van der Waals surface area contributed by atoms with E-state index >= 15 is 0 Å². The monoisotopic (exact) mass is 446 g/mol. The van der Waals surface area contributed by atoms with E-state index < -0.39 is 15.9 Å². The number of carbonyl (C=O) groups excluding carboxylic acids is 1. The minimum absolute atomic E-state index is 0.208. The SMILES string of the molecule is Cc1cccc(CCCNC(=O)C2=C(c3ccccc3)c3ccccc3N(C)S2(=O)=O)c1. The maximum absolute atomic E-state index is 13.4. The number of hydrogen-bond donors (Lipinski definition) is 1. The Kier molecular flexibility index (Phi) is 6.15. The van der Waals surface area contributed by atoms with Crippen LogP contribution in [0.2, 0.25) is 0 Å². The van der Waals surface area contributed by atoms with Crippen molar-refractivity contribution in [3.63, 3.8) is 0 Å². The number of hydrogen-bond acceptors (Lipinski definition) is 3. The number of anilines is 1. The molecule has 0 aliphatic carbocycles. The molecule has 0 saturated heterocycles. The fourth-order valence-corrected chi connectivity index (χ4v) is 5.53. The molecule has 0 bridgehead atoms. The zero-order valence-electron chi connectivity index (χ0n) is 18.2. The number of amides is 1. The van der Waals surface area contributed by atoms with Gasteiger partial charge in [0.2, 0.25) is 0 Å². The highest BCUT2D eigenvalue weighted by molar-refractivity contribution is 7.97. The Hall–Kier alpha value is -3.38. The number of fused-ring (bicyclic) bond motifs is 1. The number of nitrogens with zero attached hydrogens (tertiary/aromatic N) is 1. The number of rotatable bonds is 6. The summed E-state index contributed by atoms with van der Waals surface area (Å²) in [6, 6.07) is 24.7. The lowest BCUT2D eigenvalue weighted by Crippen LogP contribution is -2.39. The van der Waals surface area contributed by atoms with Gasteiger partial charge in [-0.15, -0.1) is 0 Å². The Morgan fingerprint density at radius 2 is 1.66 bits per heavy atom. The number of carbonyl (C=O) groups is 1. The fraction of sp³-hybridized carbons (Fsp3) is 0.192. The molecule has 0 unspecified atom stereocenters. The standard InChI is InChI=1S/C26H26N2O3S/c1-19-10-8-11-20(18-19)12-9-17-27-26(29)25-24(21-13-4-3-5-14-21)22-15-6-7-16-23(22)28(2)32(25,30)31/h3-8,10-11,13-16,18H,9,12,17H2,1-2H3,(H,27,29). The molecule has 1 heterocycles. The van der Waals surface area contributed by atoms with Crippen LogP contribution in [-0.4, -0.2) is 27.9 Å². The van der Waals surface area contributed by atoms with Gasteiger partial charge in [0, 0.05) is 24.7 Å². The fourth-order valence-electron chi connectivity index (χ4n) is 4.04. The predicted molar refractivity (Wildman–Crippen MR) is 129 cm³/mol. The summed E-state index contributed by atoms with van der Waals surface area (Å²) in [5.74, 6) is -0.575. The Morgan fingerprint density at radius 3 is 2.41 bits per heavy atom. The first-order chi connectivity index (χ1) is 15.4. The summed E-state index contributed by atoms with van der Waals surface area (Å²) in [6.45, 7) is 2.43. The molecule has 32 heavy (non-hydrogen) atoms. The van der Waals surface area contributed by atoms with Crippen LogP contribution in [0.15, 0.2) is 83.8 Å². The summed E-state index contributed by atoms with van der Waals surface area (Å²) in [4.78, 5) is 13.0. The Morgan fingerprint density at radius 1 is 0.938 bits per heavy atom. The van der Waals surface area contributed by atoms with E-state index in [2.05, 4.69) is 17.4 Å². The van der Waals surface area contributed by atoms with E-state index in [1.165, 1.54) is 22.5 Å². The van der Waals surface area contributed by atoms with Gasteiger partial charge in [-0.2, -0.15) is 0 Å². The maximum Gasteiger partial charge on any atom is 0.270 e. The molecule has 4 rings (SSSR count). The summed E-state index contributed by atoms with van der Waals surface area (Å²) in [6.07, 6.45) is 1.53. The molecule has 1 N–H and O–H groups in total. The van der Waals surface area contributed by atoms with Crippen LogP contribution >= 0.6 is 0 Å². The molecule has 164 valence electrons. The number of benzene rings is 3. The highest BCUT2D eigenvalue weighted by Crippen LogP contribution is 2.41. The second-order valence-electron chi connectivity index (χ2n) is 7.91. The smallest absolute Gasteiger partial charge is 0.270 e. The van der Waals surface area contributed by atoms with Crippen LogP contribution in [0.1, 0.15) is 28.7 Å². The van der Waals surface area contributed by atoms with Crippen molar-refractivity contribution in [2.24, 2.45) is 0 Å². The lowest BCUT2D eigenvalue weighted by atomic mass is 9.95. The molecule has 3 aromatic carbocycles. The number of sulfonamides is 1. The largest absolute Gasteiger partial charge is 0.351 e. The molecule has 0 radical (unpaired) electrons. The van der Waals surface area contributed by atoms with E-state index in [-0.39, 0.29) is 4.91 Å². The van der Waals surface area contributed by atoms with Gasteiger partial charge in [0.05, 0.1) is 5.69 Å². The first-order valence-corrected chi connectivity index (χ1v) is 12.1. The van der Waals surface area contributed by atoms with Crippen molar-refractivity contribution >= 4 is 27.2 Å². The lowest BCUT2D eigenvalue weighted by molar-refractivity contribution is -0.116. The summed E-state index contributed by atoms with van der Waals surface area (Å²) in [7, 11) is -2.52. The van der Waals surface area contributed by atoms with Crippen LogP contribution in [0.25, 0.3) is 5.57 Å². The van der Waals surface area contributed by atoms with Crippen LogP contribution < -0.4 is 9.62 Å². The van der Waals surface area contributed by atoms with E-state index in [0.29, 0.717) is 23.4 Å². The third-order valence-corrected chi connectivity index (χ3v) is 7.46. The Bertz CT molecular complexity index is 1280. The Labute approximate surface area is 189 Å². The van der Waals surface area contributed by atoms with Crippen molar-refractivity contribution in [1.29, 1.82) is 0 Å². The van der Waals surface area contributed by atoms with Crippen LogP contribution in [0.4, 0.5) is 5.69 Å². The summed E-state index contributed by atoms with van der Waals surface area (Å²) in [5.41, 5.74) is 4.81. The van der Waals surface area contributed by atoms with Crippen molar-refractivity contribution in [3.05, 3.63) is 106 Å². The highest BCUT2D eigenvalue weighted by atomic mass is 32.2. The van der Waals surface area contributed by atoms with Crippen LogP contribution in [0, 0.1) is 6.92 Å². The normalized spacial score (nSPS) is 14.8. The summed E-state index contributed by atoms with van der Waals surface area (Å²) in [5, 5.41) is 2.84. The molecular formula is C26H26N2O3S. The van der Waals surface area contributed by atoms with Crippen molar-refractivity contribution < 1.29 is 13.2 Å². The van der Waals surface area contributed by atoms with E-state index in [9.17, 15) is 13.2 Å². The second-order valence-corrected chi connectivity index (χ2v) is 9.81. The molecule has 0 saturated carbocycles. The number of aryl methyl sites for hydroxylation is 2. The van der Waals surface area contributed by atoms with Crippen molar-refractivity contribution in [2.75, 3.05) is 17.9 Å². The number of nitrogens with one attached hydrogen (secondary N) is 1. The molecule has 1 amide bonds. The topological polar surface area (TPSA) is 66.5 Å². The average molecular weight is 447 g/mol. The molecule has 1 aliphatic rings. The van der Waals surface area contributed by atoms with Crippen molar-refractivity contribution in [2.45, 2.75) is 19.8 Å². The second kappa shape index (κ2) is 9.01. The zero-order valence-corrected chi connectivity index (χ0v) is 19.0. The quantitative estimate of drug-likeness (QED) is 0.575. The van der Waals surface area contributed by atoms with E-state index in [0.717, 1.165) is 18.4 Å². The third-order valence-electron chi connectivity index (χ3n) is 5.64. The van der Waals surface area contributed by atoms with Crippen molar-refractivity contribution in [1.82, 2.24) is 5.32 Å². The molecule has 5 nitrogen and oxygen atoms in total. The first-order valence-electron chi connectivity index (χ1n) is 10.6. The van der Waals surface area contributed by atoms with Crippen LogP contribution in [0.3, 0.4) is 0 Å². The summed E-state index contributed by atoms with van der Waals surface area (Å²) < 4.78 is 28.0. The van der Waals surface area contributed by atoms with E-state index in [4.69, 9.17) is 0 Å². The van der Waals surface area contributed by atoms with Gasteiger partial charge in [-0.3, -0.25) is 9.10 Å². The lowest BCUT2D eigenvalue weighted by Gasteiger charge is -2.30. The molecule has 1 aliphatic heterocycles. The van der Waals surface area contributed by atoms with E-state index in [1.54, 1.807) is 12.1 Å². The van der Waals surface area contributed by atoms with Crippen LogP contribution in [-0.2, 0) is 21.2 Å². The van der Waals surface area contributed by atoms with Gasteiger partial charge >= 0.3 is 0 Å². The van der Waals surface area contributed by atoms with Crippen molar-refractivity contribution in [3.8, 4) is 0 Å². The van der Waals surface area contributed by atoms with Gasteiger partial charge in [0.1, 0.15) is 0 Å². The van der Waals surface area contributed by atoms with Gasteiger partial charge in [-0.1, -0.05) is 78.4 Å². The van der Waals surface area contributed by atoms with Crippen LogP contribution in [0.5, 0.6) is 0 Å². The average Bonchev–Trinajstić information content (AvgIpc) is 2.79. The molecule has 0 spiro atoms. The molecule has 0 fully saturated rings. The highest BCUT2D eigenvalue weighted by Gasteiger charge is 2.39. The van der Waals surface area contributed by atoms with Gasteiger partial charge in [-0.05, 0) is 37.0 Å². The van der Waals surface area contributed by atoms with Gasteiger partial charge in [0.25, 0.3) is 15.9 Å². The minimum Gasteiger partial charge on any atom is -0.351 e. The molecular weight excluding hydrogens is 420 g/mol. The van der Waals surface area contributed by atoms with Gasteiger partial charge in [-0.25, -0.2) is 8.42 Å². The minimum atomic E-state index is -4.01. The maximum atomic E-state index is 13.4. The number of para-hydroxylation sites is 1. The van der Waals surface area contributed by atoms with Gasteiger partial charge < -0.3 is 5.32 Å². The van der Waals surface area contributed by atoms with Gasteiger partial charge in [0.15, 0.2) is 4.91 Å². The predicted octanol–water partition coefficient (Wildman–Crippen LogP) is 4.28. The third kappa shape index (κ3) is 4.18.